The minimum Gasteiger partial charge on any atom is -0.399 e. The molecule has 0 atom stereocenters. The standard InChI is InChI=1S/C14H15ClN2/c1-9-5-12(16)8-13(6-9)17-14-7-11(15)4-3-10(14)2/h3-8,17H,16H2,1-2H3. The Morgan fingerprint density at radius 2 is 1.82 bits per heavy atom. The maximum absolute atomic E-state index is 5.98. The zero-order chi connectivity index (χ0) is 12.4. The lowest BCUT2D eigenvalue weighted by molar-refractivity contribution is 1.41. The monoisotopic (exact) mass is 246 g/mol. The van der Waals surface area contributed by atoms with E-state index < -0.39 is 0 Å². The molecule has 0 aliphatic carbocycles. The van der Waals surface area contributed by atoms with Crippen molar-refractivity contribution in [3.63, 3.8) is 0 Å². The van der Waals surface area contributed by atoms with E-state index in [1.807, 2.05) is 44.2 Å². The van der Waals surface area contributed by atoms with Crippen LogP contribution in [-0.2, 0) is 0 Å². The van der Waals surface area contributed by atoms with Gasteiger partial charge in [-0.2, -0.15) is 0 Å². The van der Waals surface area contributed by atoms with E-state index in [0.717, 1.165) is 33.2 Å². The average molecular weight is 247 g/mol. The number of anilines is 3. The summed E-state index contributed by atoms with van der Waals surface area (Å²) in [7, 11) is 0. The molecule has 0 bridgehead atoms. The molecule has 0 saturated carbocycles. The molecule has 17 heavy (non-hydrogen) atoms. The summed E-state index contributed by atoms with van der Waals surface area (Å²) in [6.07, 6.45) is 0. The number of aryl methyl sites for hydroxylation is 2. The lowest BCUT2D eigenvalue weighted by Gasteiger charge is -2.11. The Hall–Kier alpha value is -1.67. The molecule has 2 nitrogen and oxygen atoms in total. The molecule has 0 aliphatic rings. The third-order valence-corrected chi connectivity index (χ3v) is 2.81. The highest BCUT2D eigenvalue weighted by Crippen LogP contribution is 2.25. The second-order valence-electron chi connectivity index (χ2n) is 4.22. The molecule has 0 aromatic heterocycles. The van der Waals surface area contributed by atoms with E-state index in [0.29, 0.717) is 0 Å². The van der Waals surface area contributed by atoms with E-state index in [2.05, 4.69) is 11.4 Å². The van der Waals surface area contributed by atoms with Crippen molar-refractivity contribution in [2.45, 2.75) is 13.8 Å². The molecule has 0 fully saturated rings. The molecule has 2 aromatic rings. The van der Waals surface area contributed by atoms with Gasteiger partial charge in [0.25, 0.3) is 0 Å². The molecular weight excluding hydrogens is 232 g/mol. The van der Waals surface area contributed by atoms with Crippen molar-refractivity contribution in [3.05, 3.63) is 52.5 Å². The van der Waals surface area contributed by atoms with Crippen molar-refractivity contribution in [2.24, 2.45) is 0 Å². The molecule has 2 rings (SSSR count). The highest BCUT2D eigenvalue weighted by molar-refractivity contribution is 6.30. The van der Waals surface area contributed by atoms with E-state index >= 15 is 0 Å². The van der Waals surface area contributed by atoms with Gasteiger partial charge in [0.05, 0.1) is 0 Å². The first-order valence-corrected chi connectivity index (χ1v) is 5.83. The van der Waals surface area contributed by atoms with E-state index in [1.165, 1.54) is 0 Å². The van der Waals surface area contributed by atoms with Crippen LogP contribution in [0, 0.1) is 13.8 Å². The van der Waals surface area contributed by atoms with Crippen LogP contribution in [0.4, 0.5) is 17.1 Å². The Morgan fingerprint density at radius 3 is 2.53 bits per heavy atom. The largest absolute Gasteiger partial charge is 0.399 e. The number of halogens is 1. The summed E-state index contributed by atoms with van der Waals surface area (Å²) in [5.74, 6) is 0. The number of nitrogen functional groups attached to an aromatic ring is 1. The van der Waals surface area contributed by atoms with Crippen LogP contribution < -0.4 is 11.1 Å². The lowest BCUT2D eigenvalue weighted by Crippen LogP contribution is -1.95. The number of hydrogen-bond acceptors (Lipinski definition) is 2. The fraction of sp³-hybridized carbons (Fsp3) is 0.143. The molecule has 0 saturated heterocycles. The zero-order valence-electron chi connectivity index (χ0n) is 9.92. The van der Waals surface area contributed by atoms with Crippen LogP contribution in [0.15, 0.2) is 36.4 Å². The fourth-order valence-corrected chi connectivity index (χ4v) is 1.94. The summed E-state index contributed by atoms with van der Waals surface area (Å²) in [6.45, 7) is 4.06. The molecular formula is C14H15ClN2. The molecule has 0 radical (unpaired) electrons. The van der Waals surface area contributed by atoms with Crippen LogP contribution in [0.1, 0.15) is 11.1 Å². The van der Waals surface area contributed by atoms with Gasteiger partial charge in [0.2, 0.25) is 0 Å². The maximum atomic E-state index is 5.98. The summed E-state index contributed by atoms with van der Waals surface area (Å²) < 4.78 is 0. The van der Waals surface area contributed by atoms with E-state index in [1.54, 1.807) is 0 Å². The quantitative estimate of drug-likeness (QED) is 0.776. The highest BCUT2D eigenvalue weighted by atomic mass is 35.5. The zero-order valence-corrected chi connectivity index (χ0v) is 10.7. The van der Waals surface area contributed by atoms with Crippen molar-refractivity contribution < 1.29 is 0 Å². The van der Waals surface area contributed by atoms with E-state index in [4.69, 9.17) is 17.3 Å². The van der Waals surface area contributed by atoms with Crippen LogP contribution in [0.2, 0.25) is 5.02 Å². The SMILES string of the molecule is Cc1cc(N)cc(Nc2cc(Cl)ccc2C)c1. The third-order valence-electron chi connectivity index (χ3n) is 2.58. The summed E-state index contributed by atoms with van der Waals surface area (Å²) in [6, 6.07) is 11.7. The summed E-state index contributed by atoms with van der Waals surface area (Å²) >= 11 is 5.98. The molecule has 0 spiro atoms. The average Bonchev–Trinajstić information content (AvgIpc) is 2.22. The summed E-state index contributed by atoms with van der Waals surface area (Å²) in [4.78, 5) is 0. The van der Waals surface area contributed by atoms with Crippen LogP contribution in [-0.4, -0.2) is 0 Å². The molecule has 88 valence electrons. The van der Waals surface area contributed by atoms with Crippen molar-refractivity contribution in [1.82, 2.24) is 0 Å². The first kappa shape index (κ1) is 11.8. The van der Waals surface area contributed by atoms with E-state index in [-0.39, 0.29) is 0 Å². The Morgan fingerprint density at radius 1 is 1.06 bits per heavy atom. The van der Waals surface area contributed by atoms with Gasteiger partial charge in [-0.1, -0.05) is 17.7 Å². The normalized spacial score (nSPS) is 10.3. The van der Waals surface area contributed by atoms with E-state index in [9.17, 15) is 0 Å². The summed E-state index contributed by atoms with van der Waals surface area (Å²) in [5, 5.41) is 4.05. The van der Waals surface area contributed by atoms with Gasteiger partial charge in [-0.15, -0.1) is 0 Å². The van der Waals surface area contributed by atoms with Gasteiger partial charge in [-0.05, 0) is 55.3 Å². The third kappa shape index (κ3) is 2.92. The van der Waals surface area contributed by atoms with Crippen LogP contribution in [0.25, 0.3) is 0 Å². The molecule has 2 aromatic carbocycles. The summed E-state index contributed by atoms with van der Waals surface area (Å²) in [5.41, 5.74) is 10.8. The Bertz CT molecular complexity index is 530. The second-order valence-corrected chi connectivity index (χ2v) is 4.65. The van der Waals surface area contributed by atoms with Gasteiger partial charge in [0, 0.05) is 22.1 Å². The molecule has 0 unspecified atom stereocenters. The van der Waals surface area contributed by atoms with Gasteiger partial charge in [0.15, 0.2) is 0 Å². The second kappa shape index (κ2) is 4.68. The van der Waals surface area contributed by atoms with Gasteiger partial charge in [0.1, 0.15) is 0 Å². The molecule has 0 aliphatic heterocycles. The first-order valence-electron chi connectivity index (χ1n) is 5.45. The predicted octanol–water partition coefficient (Wildman–Crippen LogP) is 4.28. The smallest absolute Gasteiger partial charge is 0.0428 e. The van der Waals surface area contributed by atoms with Crippen molar-refractivity contribution in [1.29, 1.82) is 0 Å². The van der Waals surface area contributed by atoms with Gasteiger partial charge < -0.3 is 11.1 Å². The molecule has 0 heterocycles. The van der Waals surface area contributed by atoms with Crippen LogP contribution in [0.3, 0.4) is 0 Å². The minimum atomic E-state index is 0.721. The number of nitrogens with two attached hydrogens (primary N) is 1. The maximum Gasteiger partial charge on any atom is 0.0428 e. The Kier molecular flexibility index (Phi) is 3.25. The number of benzene rings is 2. The highest BCUT2D eigenvalue weighted by Gasteiger charge is 2.01. The topological polar surface area (TPSA) is 38.0 Å². The van der Waals surface area contributed by atoms with Crippen molar-refractivity contribution in [3.8, 4) is 0 Å². The van der Waals surface area contributed by atoms with Gasteiger partial charge in [-0.25, -0.2) is 0 Å². The number of rotatable bonds is 2. The van der Waals surface area contributed by atoms with Gasteiger partial charge in [-0.3, -0.25) is 0 Å². The Labute approximate surface area is 106 Å². The van der Waals surface area contributed by atoms with Crippen molar-refractivity contribution in [2.75, 3.05) is 11.1 Å². The lowest BCUT2D eigenvalue weighted by atomic mass is 10.1. The molecule has 3 N–H and O–H groups in total. The predicted molar refractivity (Wildman–Crippen MR) is 75.1 cm³/mol. The molecule has 3 heteroatoms. The number of hydrogen-bond donors (Lipinski definition) is 2. The first-order chi connectivity index (χ1) is 8.04. The van der Waals surface area contributed by atoms with Crippen molar-refractivity contribution >= 4 is 28.7 Å². The molecule has 0 amide bonds. The van der Waals surface area contributed by atoms with Crippen LogP contribution in [0.5, 0.6) is 0 Å². The Balaban J connectivity index is 2.34. The van der Waals surface area contributed by atoms with Crippen LogP contribution >= 0.6 is 11.6 Å². The van der Waals surface area contributed by atoms with Gasteiger partial charge >= 0.3 is 0 Å². The fourth-order valence-electron chi connectivity index (χ4n) is 1.77. The number of nitrogens with one attached hydrogen (secondary N) is 1. The minimum absolute atomic E-state index is 0.721.